The maximum absolute atomic E-state index is 10.0. The monoisotopic (exact) mass is 1030 g/mol. The van der Waals surface area contributed by atoms with Crippen molar-refractivity contribution in [1.82, 2.24) is 20.4 Å². The molecule has 0 radical (unpaired) electrons. The smallest absolute Gasteiger partial charge is 0.133 e. The molecule has 0 aromatic heterocycles. The van der Waals surface area contributed by atoms with Crippen LogP contribution in [0.25, 0.3) is 0 Å². The van der Waals surface area contributed by atoms with Gasteiger partial charge in [-0.05, 0) is 105 Å². The minimum atomic E-state index is 0.511. The second-order valence-electron chi connectivity index (χ2n) is 21.2. The molecule has 6 heteroatoms. The first-order valence-corrected chi connectivity index (χ1v) is 33.0. The lowest BCUT2D eigenvalue weighted by Crippen LogP contribution is -2.20. The van der Waals surface area contributed by atoms with E-state index in [-0.39, 0.29) is 0 Å². The molecule has 0 aliphatic heterocycles. The second-order valence-corrected chi connectivity index (χ2v) is 21.2. The molecule has 0 aromatic rings. The predicted octanol–water partition coefficient (Wildman–Crippen LogP) is 20.7. The van der Waals surface area contributed by atoms with Crippen LogP contribution in [0.15, 0.2) is 0 Å². The van der Waals surface area contributed by atoms with Gasteiger partial charge < -0.3 is 30.0 Å². The molecule has 2 N–H and O–H groups in total. The fourth-order valence-electron chi connectivity index (χ4n) is 8.84. The summed E-state index contributed by atoms with van der Waals surface area (Å²) in [6.45, 7) is 30.9. The average Bonchev–Trinajstić information content (AvgIpc) is 3.40. The number of hydrogen-bond donors (Lipinski definition) is 2. The number of rotatable bonds is 54. The number of aldehydes is 1. The number of nitrogens with zero attached hydrogens (tertiary/aromatic N) is 2. The summed E-state index contributed by atoms with van der Waals surface area (Å²) in [5.41, 5.74) is 0. The fourth-order valence-corrected chi connectivity index (χ4v) is 8.84. The van der Waals surface area contributed by atoms with E-state index in [4.69, 9.17) is 4.79 Å². The highest BCUT2D eigenvalue weighted by Gasteiger charge is 2.01. The summed E-state index contributed by atoms with van der Waals surface area (Å²) >= 11 is 0. The van der Waals surface area contributed by atoms with E-state index in [1.807, 2.05) is 20.6 Å². The summed E-state index contributed by atoms with van der Waals surface area (Å²) in [7, 11) is 4.62. The maximum Gasteiger partial charge on any atom is 0.133 e. The molecule has 0 rings (SSSR count). The van der Waals surface area contributed by atoms with Gasteiger partial charge in [0.1, 0.15) is 13.1 Å². The first kappa shape index (κ1) is 82.5. The van der Waals surface area contributed by atoms with Gasteiger partial charge in [0.15, 0.2) is 0 Å². The summed E-state index contributed by atoms with van der Waals surface area (Å²) in [6.07, 6.45) is 64.5. The standard InChI is InChI=1S/C24H51N.C19H41N.C14H29NO.C6H15N.C2H6.CH2O/c1-4-6-8-10-12-14-16-18-20-22-24-25(3)23-21-19-17-15-13-11-9-7-5-2;1-4-6-8-10-12-14-16-18-20(3)19-17-15-13-11-9-7-5-2;1-2-3-4-5-6-7-8-9-10-11-12-15-13-14-16;1-3-5-7-6-4-2;2*1-2/h4-24H2,1-3H3;4-19H2,1-3H3;14-15H,2-13H2,1H3;7H,3-6H2,1-2H3;1-2H3;1H2. The average molecular weight is 1030 g/mol. The number of nitrogens with one attached hydrogen (secondary N) is 2. The molecule has 72 heavy (non-hydrogen) atoms. The summed E-state index contributed by atoms with van der Waals surface area (Å²) < 4.78 is 0. The predicted molar refractivity (Wildman–Crippen MR) is 333 cm³/mol. The van der Waals surface area contributed by atoms with E-state index in [0.717, 1.165) is 12.8 Å². The third kappa shape index (κ3) is 98.4. The van der Waals surface area contributed by atoms with Crippen LogP contribution < -0.4 is 10.6 Å². The Balaban J connectivity index is -0.000000209. The van der Waals surface area contributed by atoms with Crippen molar-refractivity contribution in [1.29, 1.82) is 0 Å². The largest absolute Gasteiger partial charge is 0.317 e. The number of carbonyl (C=O) groups is 2. The topological polar surface area (TPSA) is 64.7 Å². The summed E-state index contributed by atoms with van der Waals surface area (Å²) in [5.74, 6) is 0. The first-order chi connectivity index (χ1) is 35.4. The highest BCUT2D eigenvalue weighted by atomic mass is 16.1. The van der Waals surface area contributed by atoms with Crippen molar-refractivity contribution in [3.05, 3.63) is 0 Å². The molecule has 0 heterocycles. The van der Waals surface area contributed by atoms with Crippen LogP contribution in [0.4, 0.5) is 0 Å². The van der Waals surface area contributed by atoms with Crippen LogP contribution in [0.3, 0.4) is 0 Å². The lowest BCUT2D eigenvalue weighted by molar-refractivity contribution is -0.107. The maximum atomic E-state index is 10.0. The molecule has 0 unspecified atom stereocenters. The molecule has 440 valence electrons. The summed E-state index contributed by atoms with van der Waals surface area (Å²) in [5, 5.41) is 6.38. The zero-order valence-corrected chi connectivity index (χ0v) is 52.5. The van der Waals surface area contributed by atoms with Crippen molar-refractivity contribution in [3.8, 4) is 0 Å². The molecule has 0 fully saturated rings. The third-order valence-electron chi connectivity index (χ3n) is 13.6. The van der Waals surface area contributed by atoms with Gasteiger partial charge in [-0.15, -0.1) is 0 Å². The van der Waals surface area contributed by atoms with Crippen molar-refractivity contribution < 1.29 is 9.59 Å². The molecule has 0 spiro atoms. The second kappa shape index (κ2) is 89.7. The Morgan fingerprint density at radius 2 is 0.472 bits per heavy atom. The Morgan fingerprint density at radius 1 is 0.278 bits per heavy atom. The van der Waals surface area contributed by atoms with Crippen molar-refractivity contribution in [2.45, 2.75) is 351 Å². The van der Waals surface area contributed by atoms with Gasteiger partial charge in [0.25, 0.3) is 0 Å². The van der Waals surface area contributed by atoms with Gasteiger partial charge in [0, 0.05) is 0 Å². The van der Waals surface area contributed by atoms with E-state index in [0.29, 0.717) is 6.54 Å². The van der Waals surface area contributed by atoms with Gasteiger partial charge >= 0.3 is 0 Å². The molecule has 0 aliphatic rings. The van der Waals surface area contributed by atoms with E-state index in [1.54, 1.807) is 0 Å². The van der Waals surface area contributed by atoms with E-state index >= 15 is 0 Å². The molecule has 0 aromatic carbocycles. The normalized spacial score (nSPS) is 10.6. The molecule has 0 aliphatic carbocycles. The molecular formula is C66H144N4O2. The van der Waals surface area contributed by atoms with Crippen LogP contribution >= 0.6 is 0 Å². The van der Waals surface area contributed by atoms with Gasteiger partial charge in [-0.2, -0.15) is 0 Å². The molecule has 0 amide bonds. The molecule has 6 nitrogen and oxygen atoms in total. The molecule has 0 atom stereocenters. The Morgan fingerprint density at radius 3 is 0.667 bits per heavy atom. The number of unbranched alkanes of at least 4 members (excludes halogenated alkanes) is 38. The van der Waals surface area contributed by atoms with Crippen molar-refractivity contribution in [2.24, 2.45) is 0 Å². The Labute approximate surface area is 458 Å². The van der Waals surface area contributed by atoms with Gasteiger partial charge in [-0.25, -0.2) is 0 Å². The minimum Gasteiger partial charge on any atom is -0.317 e. The van der Waals surface area contributed by atoms with Crippen LogP contribution in [0, 0.1) is 0 Å². The Bertz CT molecular complexity index is 794. The highest BCUT2D eigenvalue weighted by Crippen LogP contribution is 2.14. The number of carbonyl (C=O) groups excluding carboxylic acids is 2. The van der Waals surface area contributed by atoms with Gasteiger partial charge in [0.2, 0.25) is 0 Å². The van der Waals surface area contributed by atoms with Crippen molar-refractivity contribution >= 4 is 13.1 Å². The van der Waals surface area contributed by atoms with Gasteiger partial charge in [-0.1, -0.05) is 306 Å². The van der Waals surface area contributed by atoms with E-state index in [2.05, 4.69) is 83.0 Å². The van der Waals surface area contributed by atoms with E-state index in [1.165, 1.54) is 328 Å². The van der Waals surface area contributed by atoms with Crippen molar-refractivity contribution in [3.63, 3.8) is 0 Å². The van der Waals surface area contributed by atoms with Crippen molar-refractivity contribution in [2.75, 3.05) is 66.5 Å². The van der Waals surface area contributed by atoms with Crippen LogP contribution in [-0.4, -0.2) is 89.3 Å². The SMILES string of the molecule is C=O.CC.CCCCCCCCCCCCN(C)CCCCCCCCCCC.CCCCCCCCCCCCNCC=O.CCCCCCCCCN(C)CCCCCCCCC.CCCNCCC. The molecular weight excluding hydrogens is 881 g/mol. The lowest BCUT2D eigenvalue weighted by Gasteiger charge is -2.16. The van der Waals surface area contributed by atoms with Crippen LogP contribution in [0.5, 0.6) is 0 Å². The zero-order chi connectivity index (χ0) is 54.8. The lowest BCUT2D eigenvalue weighted by atomic mass is 10.1. The van der Waals surface area contributed by atoms with Gasteiger partial charge in [-0.3, -0.25) is 0 Å². The van der Waals surface area contributed by atoms with Crippen LogP contribution in [0.2, 0.25) is 0 Å². The first-order valence-electron chi connectivity index (χ1n) is 33.0. The fraction of sp³-hybridized carbons (Fsp3) is 0.970. The Kier molecular flexibility index (Phi) is 103. The van der Waals surface area contributed by atoms with Gasteiger partial charge in [0.05, 0.1) is 6.54 Å². The summed E-state index contributed by atoms with van der Waals surface area (Å²) in [6, 6.07) is 0. The molecule has 0 saturated carbocycles. The minimum absolute atomic E-state index is 0.511. The van der Waals surface area contributed by atoms with E-state index < -0.39 is 0 Å². The third-order valence-corrected chi connectivity index (χ3v) is 13.6. The highest BCUT2D eigenvalue weighted by molar-refractivity contribution is 5.51. The molecule has 0 bridgehead atoms. The number of hydrogen-bond acceptors (Lipinski definition) is 6. The quantitative estimate of drug-likeness (QED) is 0.0468. The summed E-state index contributed by atoms with van der Waals surface area (Å²) in [4.78, 5) is 23.1. The zero-order valence-electron chi connectivity index (χ0n) is 52.5. The van der Waals surface area contributed by atoms with Crippen LogP contribution in [0.1, 0.15) is 351 Å². The molecule has 0 saturated heterocycles. The van der Waals surface area contributed by atoms with E-state index in [9.17, 15) is 4.79 Å². The Hall–Kier alpha value is -0.820. The van der Waals surface area contributed by atoms with Crippen LogP contribution in [-0.2, 0) is 9.59 Å².